The third kappa shape index (κ3) is 5.42. The molecule has 3 aliphatic rings. The van der Waals surface area contributed by atoms with Crippen LogP contribution in [0.3, 0.4) is 0 Å². The maximum absolute atomic E-state index is 15.1. The smallest absolute Gasteiger partial charge is 0.312 e. The number of allylic oxidation sites excluding steroid dienone is 1. The van der Waals surface area contributed by atoms with E-state index in [9.17, 15) is 14.7 Å². The topological polar surface area (TPSA) is 96.4 Å². The standard InChI is InChI=1S/C37H46N2O6/c1-6-9-10-14-23-44-35(43)30-29-33(41)39(28(24-40)27-18-12-11-13-19-27)32(37(29)21-20-36(30,8-3)45-37)34(42)38(22-7-2)31-25(4)16-15-17-26(31)5/h6-7,11-13,15-19,28-30,32,40H,1-2,8-10,14,20-24H2,3-5H3/t28-,29+,30-,32?,36+,37?/m1/s1. The van der Waals surface area contributed by atoms with Crippen LogP contribution in [0.2, 0.25) is 0 Å². The number of rotatable bonds is 14. The molecule has 0 aliphatic carbocycles. The lowest BCUT2D eigenvalue weighted by atomic mass is 9.65. The molecule has 2 amide bonds. The average Bonchev–Trinajstić information content (AvgIpc) is 3.65. The van der Waals surface area contributed by atoms with Crippen LogP contribution in [0.15, 0.2) is 73.8 Å². The third-order valence-electron chi connectivity index (χ3n) is 10.1. The Morgan fingerprint density at radius 1 is 1.09 bits per heavy atom. The number of carbonyl (C=O) groups excluding carboxylic acids is 3. The minimum atomic E-state index is -1.26. The number of para-hydroxylation sites is 1. The van der Waals surface area contributed by atoms with Gasteiger partial charge in [0.05, 0.1) is 30.8 Å². The number of nitrogens with zero attached hydrogens (tertiary/aromatic N) is 2. The lowest BCUT2D eigenvalue weighted by Crippen LogP contribution is -2.57. The predicted molar refractivity (Wildman–Crippen MR) is 173 cm³/mol. The van der Waals surface area contributed by atoms with Gasteiger partial charge in [-0.25, -0.2) is 0 Å². The van der Waals surface area contributed by atoms with Gasteiger partial charge in [0.2, 0.25) is 5.91 Å². The van der Waals surface area contributed by atoms with E-state index in [4.69, 9.17) is 9.47 Å². The molecule has 2 unspecified atom stereocenters. The molecule has 2 aromatic rings. The first-order chi connectivity index (χ1) is 21.7. The van der Waals surface area contributed by atoms with Gasteiger partial charge < -0.3 is 24.4 Å². The van der Waals surface area contributed by atoms with Gasteiger partial charge in [-0.1, -0.05) is 67.6 Å². The molecule has 1 spiro atoms. The molecule has 5 rings (SSSR count). The maximum Gasteiger partial charge on any atom is 0.312 e. The molecular formula is C37H46N2O6. The second-order valence-electron chi connectivity index (χ2n) is 12.6. The number of esters is 1. The summed E-state index contributed by atoms with van der Waals surface area (Å²) in [7, 11) is 0. The van der Waals surface area contributed by atoms with Gasteiger partial charge in [-0.15, -0.1) is 13.2 Å². The number of hydrogen-bond acceptors (Lipinski definition) is 6. The van der Waals surface area contributed by atoms with Crippen molar-refractivity contribution in [2.24, 2.45) is 11.8 Å². The number of likely N-dealkylation sites (tertiary alicyclic amines) is 1. The fourth-order valence-electron chi connectivity index (χ4n) is 8.11. The number of unbranched alkanes of at least 4 members (excludes halogenated alkanes) is 2. The van der Waals surface area contributed by atoms with Gasteiger partial charge in [0.1, 0.15) is 17.6 Å². The molecule has 3 heterocycles. The van der Waals surface area contributed by atoms with Gasteiger partial charge in [-0.3, -0.25) is 14.4 Å². The largest absolute Gasteiger partial charge is 0.465 e. The molecule has 0 radical (unpaired) electrons. The first kappa shape index (κ1) is 32.6. The number of anilines is 1. The van der Waals surface area contributed by atoms with E-state index in [1.54, 1.807) is 11.0 Å². The second-order valence-corrected chi connectivity index (χ2v) is 12.6. The molecule has 1 N–H and O–H groups in total. The second kappa shape index (κ2) is 13.3. The fourth-order valence-corrected chi connectivity index (χ4v) is 8.11. The Labute approximate surface area is 266 Å². The summed E-state index contributed by atoms with van der Waals surface area (Å²) in [6.45, 7) is 13.6. The number of hydrogen-bond donors (Lipinski definition) is 1. The third-order valence-corrected chi connectivity index (χ3v) is 10.1. The molecule has 45 heavy (non-hydrogen) atoms. The lowest BCUT2D eigenvalue weighted by Gasteiger charge is -2.40. The Morgan fingerprint density at radius 2 is 1.80 bits per heavy atom. The van der Waals surface area contributed by atoms with Crippen LogP contribution in [0, 0.1) is 25.7 Å². The molecule has 6 atom stereocenters. The van der Waals surface area contributed by atoms with Crippen molar-refractivity contribution in [1.29, 1.82) is 0 Å². The van der Waals surface area contributed by atoms with Crippen molar-refractivity contribution in [3.63, 3.8) is 0 Å². The van der Waals surface area contributed by atoms with Crippen molar-refractivity contribution >= 4 is 23.5 Å². The van der Waals surface area contributed by atoms with Crippen LogP contribution < -0.4 is 4.90 Å². The van der Waals surface area contributed by atoms with E-state index in [1.807, 2.05) is 75.4 Å². The Hall–Kier alpha value is -3.75. The lowest BCUT2D eigenvalue weighted by molar-refractivity contribution is -0.162. The van der Waals surface area contributed by atoms with Crippen molar-refractivity contribution in [2.75, 3.05) is 24.7 Å². The molecule has 0 aromatic heterocycles. The van der Waals surface area contributed by atoms with Gasteiger partial charge in [-0.2, -0.15) is 0 Å². The van der Waals surface area contributed by atoms with E-state index in [0.29, 0.717) is 31.2 Å². The summed E-state index contributed by atoms with van der Waals surface area (Å²) < 4.78 is 12.8. The molecule has 2 aromatic carbocycles. The van der Waals surface area contributed by atoms with E-state index in [-0.39, 0.29) is 25.0 Å². The number of ether oxygens (including phenoxy) is 2. The summed E-state index contributed by atoms with van der Waals surface area (Å²) in [4.78, 5) is 47.0. The summed E-state index contributed by atoms with van der Waals surface area (Å²) in [6.07, 6.45) is 7.35. The molecule has 8 nitrogen and oxygen atoms in total. The minimum Gasteiger partial charge on any atom is -0.465 e. The highest BCUT2D eigenvalue weighted by molar-refractivity contribution is 6.05. The van der Waals surface area contributed by atoms with Gasteiger partial charge in [0, 0.05) is 12.2 Å². The van der Waals surface area contributed by atoms with Crippen LogP contribution in [0.4, 0.5) is 5.69 Å². The van der Waals surface area contributed by atoms with Crippen LogP contribution in [-0.2, 0) is 23.9 Å². The minimum absolute atomic E-state index is 0.216. The molecule has 3 fully saturated rings. The molecule has 8 heteroatoms. The number of carbonyl (C=O) groups is 3. The number of aliphatic hydroxyl groups is 1. The summed E-state index contributed by atoms with van der Waals surface area (Å²) in [6, 6.07) is 13.2. The number of fused-ring (bicyclic) bond motifs is 1. The van der Waals surface area contributed by atoms with Gasteiger partial charge in [0.25, 0.3) is 5.91 Å². The van der Waals surface area contributed by atoms with Crippen LogP contribution in [0.1, 0.15) is 68.2 Å². The van der Waals surface area contributed by atoms with Crippen molar-refractivity contribution in [3.05, 3.63) is 90.5 Å². The first-order valence-electron chi connectivity index (χ1n) is 16.2. The number of aliphatic hydroxyl groups excluding tert-OH is 1. The highest BCUT2D eigenvalue weighted by Gasteiger charge is 2.79. The summed E-state index contributed by atoms with van der Waals surface area (Å²) in [5.41, 5.74) is 1.11. The Morgan fingerprint density at radius 3 is 2.42 bits per heavy atom. The molecule has 0 saturated carbocycles. The normalized spacial score (nSPS) is 27.2. The molecule has 3 aliphatic heterocycles. The highest BCUT2D eigenvalue weighted by atomic mass is 16.6. The van der Waals surface area contributed by atoms with Crippen LogP contribution in [0.25, 0.3) is 0 Å². The fraction of sp³-hybridized carbons (Fsp3) is 0.486. The maximum atomic E-state index is 15.1. The molecule has 3 saturated heterocycles. The van der Waals surface area contributed by atoms with E-state index in [2.05, 4.69) is 13.2 Å². The van der Waals surface area contributed by atoms with E-state index in [0.717, 1.165) is 29.7 Å². The van der Waals surface area contributed by atoms with Crippen molar-refractivity contribution in [1.82, 2.24) is 4.90 Å². The number of benzene rings is 2. The predicted octanol–water partition coefficient (Wildman–Crippen LogP) is 5.61. The molecule has 240 valence electrons. The van der Waals surface area contributed by atoms with Crippen molar-refractivity contribution in [3.8, 4) is 0 Å². The first-order valence-corrected chi connectivity index (χ1v) is 16.2. The zero-order chi connectivity index (χ0) is 32.4. The zero-order valence-corrected chi connectivity index (χ0v) is 26.7. The van der Waals surface area contributed by atoms with Crippen LogP contribution >= 0.6 is 0 Å². The number of amides is 2. The number of aryl methyl sites for hydroxylation is 2. The monoisotopic (exact) mass is 614 g/mol. The Bertz CT molecular complexity index is 1420. The zero-order valence-electron chi connectivity index (χ0n) is 26.7. The van der Waals surface area contributed by atoms with E-state index < -0.39 is 47.7 Å². The quantitative estimate of drug-likeness (QED) is 0.169. The van der Waals surface area contributed by atoms with Crippen molar-refractivity contribution in [2.45, 2.75) is 82.6 Å². The van der Waals surface area contributed by atoms with Gasteiger partial charge in [-0.05, 0) is 69.1 Å². The summed E-state index contributed by atoms with van der Waals surface area (Å²) in [5, 5.41) is 10.8. The molecular weight excluding hydrogens is 568 g/mol. The van der Waals surface area contributed by atoms with Crippen molar-refractivity contribution < 1.29 is 29.0 Å². The van der Waals surface area contributed by atoms with E-state index in [1.165, 1.54) is 4.90 Å². The Balaban J connectivity index is 1.63. The van der Waals surface area contributed by atoms with E-state index >= 15 is 4.79 Å². The molecule has 2 bridgehead atoms. The van der Waals surface area contributed by atoms with Gasteiger partial charge >= 0.3 is 5.97 Å². The van der Waals surface area contributed by atoms with Gasteiger partial charge in [0.15, 0.2) is 0 Å². The summed E-state index contributed by atoms with van der Waals surface area (Å²) >= 11 is 0. The van der Waals surface area contributed by atoms with Crippen LogP contribution in [-0.4, -0.2) is 64.8 Å². The highest BCUT2D eigenvalue weighted by Crippen LogP contribution is 2.65. The average molecular weight is 615 g/mol. The van der Waals surface area contributed by atoms with Crippen LogP contribution in [0.5, 0.6) is 0 Å². The SMILES string of the molecule is C=CCCCCOC(=O)[C@H]1[C@H]2C(=O)N([C@H](CO)c3ccccc3)C(C(=O)N(CC=C)c3c(C)cccc3C)C23CC[C@]1(CC)O3. The summed E-state index contributed by atoms with van der Waals surface area (Å²) in [5.74, 6) is -2.90. The Kier molecular flexibility index (Phi) is 9.65.